The van der Waals surface area contributed by atoms with Gasteiger partial charge in [-0.05, 0) is 12.0 Å². The second kappa shape index (κ2) is 7.59. The van der Waals surface area contributed by atoms with E-state index in [0.717, 1.165) is 37.6 Å². The molecule has 0 fully saturated rings. The summed E-state index contributed by atoms with van der Waals surface area (Å²) in [5.74, 6) is 1.50. The molecule has 4 heteroatoms. The van der Waals surface area contributed by atoms with Crippen LogP contribution < -0.4 is 5.73 Å². The van der Waals surface area contributed by atoms with E-state index in [1.54, 1.807) is 7.11 Å². The van der Waals surface area contributed by atoms with Crippen molar-refractivity contribution in [3.05, 3.63) is 35.6 Å². The average molecular weight is 290 g/mol. The summed E-state index contributed by atoms with van der Waals surface area (Å²) >= 11 is 0. The number of methoxy groups -OCH3 is 1. The van der Waals surface area contributed by atoms with E-state index in [2.05, 4.69) is 24.8 Å². The predicted octanol–water partition coefficient (Wildman–Crippen LogP) is 3.00. The second-order valence-electron chi connectivity index (χ2n) is 5.83. The van der Waals surface area contributed by atoms with Crippen LogP contribution in [0.5, 0.6) is 0 Å². The molecule has 0 saturated carbocycles. The van der Waals surface area contributed by atoms with Gasteiger partial charge < -0.3 is 14.9 Å². The van der Waals surface area contributed by atoms with Crippen molar-refractivity contribution < 1.29 is 9.15 Å². The van der Waals surface area contributed by atoms with E-state index in [-0.39, 0.29) is 0 Å². The van der Waals surface area contributed by atoms with E-state index in [1.165, 1.54) is 10.9 Å². The maximum Gasteiger partial charge on any atom is 0.134 e. The van der Waals surface area contributed by atoms with Crippen LogP contribution in [0.1, 0.15) is 25.2 Å². The van der Waals surface area contributed by atoms with E-state index in [4.69, 9.17) is 14.9 Å². The molecule has 0 amide bonds. The summed E-state index contributed by atoms with van der Waals surface area (Å²) in [6.07, 6.45) is 0. The van der Waals surface area contributed by atoms with Gasteiger partial charge in [0.2, 0.25) is 0 Å². The van der Waals surface area contributed by atoms with Gasteiger partial charge in [-0.2, -0.15) is 0 Å². The van der Waals surface area contributed by atoms with Crippen LogP contribution in [0.3, 0.4) is 0 Å². The lowest BCUT2D eigenvalue weighted by molar-refractivity contribution is 0.136. The molecule has 1 aromatic carbocycles. The summed E-state index contributed by atoms with van der Waals surface area (Å²) in [4.78, 5) is 2.41. The highest BCUT2D eigenvalue weighted by Gasteiger charge is 2.16. The summed E-state index contributed by atoms with van der Waals surface area (Å²) in [7, 11) is 1.74. The highest BCUT2D eigenvalue weighted by atomic mass is 16.5. The van der Waals surface area contributed by atoms with Gasteiger partial charge in [-0.25, -0.2) is 0 Å². The topological polar surface area (TPSA) is 51.6 Å². The molecule has 1 aromatic heterocycles. The Morgan fingerprint density at radius 2 is 2.05 bits per heavy atom. The Kier molecular flexibility index (Phi) is 5.79. The minimum Gasteiger partial charge on any atom is -0.459 e. The molecule has 2 N–H and O–H groups in total. The third-order valence-electron chi connectivity index (χ3n) is 3.58. The minimum absolute atomic E-state index is 0.434. The molecule has 0 spiro atoms. The number of para-hydroxylation sites is 1. The number of nitrogens with zero attached hydrogens (tertiary/aromatic N) is 1. The van der Waals surface area contributed by atoms with Gasteiger partial charge in [-0.3, -0.25) is 4.90 Å². The molecule has 0 saturated heterocycles. The van der Waals surface area contributed by atoms with Crippen molar-refractivity contribution in [1.82, 2.24) is 4.90 Å². The van der Waals surface area contributed by atoms with Crippen molar-refractivity contribution in [2.24, 2.45) is 11.7 Å². The largest absolute Gasteiger partial charge is 0.459 e. The number of nitrogens with two attached hydrogens (primary N) is 1. The molecule has 0 aliphatic rings. The van der Waals surface area contributed by atoms with E-state index in [9.17, 15) is 0 Å². The smallest absolute Gasteiger partial charge is 0.134 e. The molecule has 116 valence electrons. The van der Waals surface area contributed by atoms with Crippen molar-refractivity contribution in [2.45, 2.75) is 26.9 Å². The predicted molar refractivity (Wildman–Crippen MR) is 86.1 cm³/mol. The summed E-state index contributed by atoms with van der Waals surface area (Å²) in [5.41, 5.74) is 7.99. The van der Waals surface area contributed by atoms with E-state index >= 15 is 0 Å². The normalized spacial score (nSPS) is 11.9. The second-order valence-corrected chi connectivity index (χ2v) is 5.83. The van der Waals surface area contributed by atoms with Crippen molar-refractivity contribution in [1.29, 1.82) is 0 Å². The standard InChI is InChI=1S/C17H26N2O2/c1-13(2)11-19(8-9-20-3)12-15-14-6-4-5-7-16(14)21-17(15)10-18/h4-7,13H,8-12,18H2,1-3H3. The number of furan rings is 1. The number of hydrogen-bond acceptors (Lipinski definition) is 4. The summed E-state index contributed by atoms with van der Waals surface area (Å²) in [6.45, 7) is 8.44. The van der Waals surface area contributed by atoms with Crippen LogP contribution in [0.4, 0.5) is 0 Å². The van der Waals surface area contributed by atoms with Crippen molar-refractivity contribution >= 4 is 11.0 Å². The quantitative estimate of drug-likeness (QED) is 0.812. The Balaban J connectivity index is 2.25. The summed E-state index contributed by atoms with van der Waals surface area (Å²) < 4.78 is 11.1. The Hall–Kier alpha value is -1.36. The SMILES string of the molecule is COCCN(Cc1c(CN)oc2ccccc12)CC(C)C. The first-order valence-corrected chi connectivity index (χ1v) is 7.56. The number of benzene rings is 1. The number of ether oxygens (including phenoxy) is 1. The number of hydrogen-bond donors (Lipinski definition) is 1. The molecule has 0 unspecified atom stereocenters. The van der Waals surface area contributed by atoms with Crippen molar-refractivity contribution in [2.75, 3.05) is 26.8 Å². The molecule has 21 heavy (non-hydrogen) atoms. The molecule has 0 bridgehead atoms. The van der Waals surface area contributed by atoms with Gasteiger partial charge in [0.05, 0.1) is 13.2 Å². The highest BCUT2D eigenvalue weighted by molar-refractivity contribution is 5.82. The first kappa shape index (κ1) is 16.0. The molecule has 1 heterocycles. The first-order chi connectivity index (χ1) is 10.2. The molecular weight excluding hydrogens is 264 g/mol. The summed E-state index contributed by atoms with van der Waals surface area (Å²) in [6, 6.07) is 8.15. The monoisotopic (exact) mass is 290 g/mol. The van der Waals surface area contributed by atoms with Gasteiger partial charge in [0, 0.05) is 37.7 Å². The fourth-order valence-electron chi connectivity index (χ4n) is 2.68. The van der Waals surface area contributed by atoms with Crippen LogP contribution in [0.25, 0.3) is 11.0 Å². The van der Waals surface area contributed by atoms with Gasteiger partial charge in [0.1, 0.15) is 11.3 Å². The average Bonchev–Trinajstić information content (AvgIpc) is 2.82. The number of rotatable bonds is 8. The van der Waals surface area contributed by atoms with Crippen LogP contribution in [-0.4, -0.2) is 31.7 Å². The third kappa shape index (κ3) is 4.06. The van der Waals surface area contributed by atoms with Gasteiger partial charge in [-0.1, -0.05) is 32.0 Å². The zero-order valence-corrected chi connectivity index (χ0v) is 13.3. The lowest BCUT2D eigenvalue weighted by atomic mass is 10.1. The molecule has 4 nitrogen and oxygen atoms in total. The third-order valence-corrected chi connectivity index (χ3v) is 3.58. The maximum atomic E-state index is 5.88. The Labute approximate surface area is 126 Å². The van der Waals surface area contributed by atoms with Gasteiger partial charge in [0.25, 0.3) is 0 Å². The van der Waals surface area contributed by atoms with Crippen molar-refractivity contribution in [3.63, 3.8) is 0 Å². The van der Waals surface area contributed by atoms with Crippen LogP contribution in [0, 0.1) is 5.92 Å². The zero-order chi connectivity index (χ0) is 15.2. The van der Waals surface area contributed by atoms with Crippen LogP contribution in [-0.2, 0) is 17.8 Å². The fraction of sp³-hybridized carbons (Fsp3) is 0.529. The Morgan fingerprint density at radius 3 is 2.71 bits per heavy atom. The Morgan fingerprint density at radius 1 is 1.29 bits per heavy atom. The molecule has 0 radical (unpaired) electrons. The molecule has 2 rings (SSSR count). The van der Waals surface area contributed by atoms with Crippen molar-refractivity contribution in [3.8, 4) is 0 Å². The molecule has 0 atom stereocenters. The highest BCUT2D eigenvalue weighted by Crippen LogP contribution is 2.27. The van der Waals surface area contributed by atoms with Gasteiger partial charge in [0.15, 0.2) is 0 Å². The van der Waals surface area contributed by atoms with Crippen LogP contribution in [0.2, 0.25) is 0 Å². The molecular formula is C17H26N2O2. The van der Waals surface area contributed by atoms with Crippen LogP contribution in [0.15, 0.2) is 28.7 Å². The van der Waals surface area contributed by atoms with E-state index in [0.29, 0.717) is 12.5 Å². The molecule has 0 aliphatic heterocycles. The molecule has 0 aliphatic carbocycles. The lowest BCUT2D eigenvalue weighted by Gasteiger charge is -2.24. The maximum absolute atomic E-state index is 5.88. The van der Waals surface area contributed by atoms with E-state index in [1.807, 2.05) is 18.2 Å². The lowest BCUT2D eigenvalue weighted by Crippen LogP contribution is -2.31. The Bertz CT molecular complexity index is 563. The van der Waals surface area contributed by atoms with E-state index < -0.39 is 0 Å². The zero-order valence-electron chi connectivity index (χ0n) is 13.3. The van der Waals surface area contributed by atoms with Gasteiger partial charge in [-0.15, -0.1) is 0 Å². The molecule has 2 aromatic rings. The van der Waals surface area contributed by atoms with Gasteiger partial charge >= 0.3 is 0 Å². The van der Waals surface area contributed by atoms with Crippen LogP contribution >= 0.6 is 0 Å². The fourth-order valence-corrected chi connectivity index (χ4v) is 2.68. The number of fused-ring (bicyclic) bond motifs is 1. The summed E-state index contributed by atoms with van der Waals surface area (Å²) in [5, 5.41) is 1.17. The minimum atomic E-state index is 0.434. The first-order valence-electron chi connectivity index (χ1n) is 7.56.